The predicted octanol–water partition coefficient (Wildman–Crippen LogP) is 2.88. The van der Waals surface area contributed by atoms with E-state index >= 15 is 0 Å². The predicted molar refractivity (Wildman–Crippen MR) is 83.0 cm³/mol. The summed E-state index contributed by atoms with van der Waals surface area (Å²) in [4.78, 5) is 23.3. The minimum absolute atomic E-state index is 0.163. The van der Waals surface area contributed by atoms with Crippen LogP contribution in [-0.2, 0) is 9.53 Å². The Morgan fingerprint density at radius 1 is 1.05 bits per heavy atom. The molecule has 0 atom stereocenters. The molecule has 0 heterocycles. The van der Waals surface area contributed by atoms with E-state index in [9.17, 15) is 9.59 Å². The average Bonchev–Trinajstić information content (AvgIpc) is 2.54. The lowest BCUT2D eigenvalue weighted by Crippen LogP contribution is -2.15. The van der Waals surface area contributed by atoms with Gasteiger partial charge in [0.05, 0.1) is 6.61 Å². The molecular weight excluding hydrogens is 282 g/mol. The van der Waals surface area contributed by atoms with Crippen LogP contribution in [0, 0.1) is 0 Å². The lowest BCUT2D eigenvalue weighted by molar-refractivity contribution is -0.145. The van der Waals surface area contributed by atoms with Crippen molar-refractivity contribution < 1.29 is 19.1 Å². The second kappa shape index (κ2) is 7.83. The zero-order valence-corrected chi connectivity index (χ0v) is 12.2. The molecule has 0 saturated heterocycles. The van der Waals surface area contributed by atoms with Gasteiger partial charge in [0, 0.05) is 17.3 Å². The molecule has 2 aromatic rings. The van der Waals surface area contributed by atoms with E-state index in [1.807, 2.05) is 6.07 Å². The van der Waals surface area contributed by atoms with E-state index < -0.39 is 5.97 Å². The van der Waals surface area contributed by atoms with Crippen LogP contribution in [-0.4, -0.2) is 25.1 Å². The van der Waals surface area contributed by atoms with E-state index in [2.05, 4.69) is 5.32 Å². The van der Waals surface area contributed by atoms with E-state index in [1.165, 1.54) is 0 Å². The zero-order chi connectivity index (χ0) is 15.8. The van der Waals surface area contributed by atoms with Crippen molar-refractivity contribution >= 4 is 17.6 Å². The van der Waals surface area contributed by atoms with Gasteiger partial charge in [0.2, 0.25) is 0 Å². The van der Waals surface area contributed by atoms with E-state index in [0.717, 1.165) is 0 Å². The molecule has 0 unspecified atom stereocenters. The minimum atomic E-state index is -0.429. The van der Waals surface area contributed by atoms with Crippen LogP contribution < -0.4 is 10.1 Å². The molecule has 5 nitrogen and oxygen atoms in total. The van der Waals surface area contributed by atoms with Crippen LogP contribution in [0.5, 0.6) is 5.75 Å². The van der Waals surface area contributed by atoms with Gasteiger partial charge in [-0.05, 0) is 31.2 Å². The normalized spacial score (nSPS) is 9.86. The van der Waals surface area contributed by atoms with Gasteiger partial charge in [0.15, 0.2) is 6.61 Å². The highest BCUT2D eigenvalue weighted by Crippen LogP contribution is 2.18. The van der Waals surface area contributed by atoms with E-state index in [1.54, 1.807) is 55.5 Å². The van der Waals surface area contributed by atoms with Crippen LogP contribution in [0.25, 0.3) is 0 Å². The first-order chi connectivity index (χ1) is 10.7. The van der Waals surface area contributed by atoms with Crippen molar-refractivity contribution in [2.24, 2.45) is 0 Å². The van der Waals surface area contributed by atoms with Crippen molar-refractivity contribution in [2.45, 2.75) is 6.92 Å². The number of hydrogen-bond acceptors (Lipinski definition) is 4. The number of esters is 1. The lowest BCUT2D eigenvalue weighted by atomic mass is 10.2. The maximum Gasteiger partial charge on any atom is 0.344 e. The number of amides is 1. The highest BCUT2D eigenvalue weighted by molar-refractivity contribution is 6.04. The molecule has 0 saturated carbocycles. The number of benzene rings is 2. The minimum Gasteiger partial charge on any atom is -0.482 e. The van der Waals surface area contributed by atoms with Gasteiger partial charge >= 0.3 is 5.97 Å². The molecule has 0 aliphatic carbocycles. The Balaban J connectivity index is 1.96. The molecule has 5 heteroatoms. The van der Waals surface area contributed by atoms with Crippen LogP contribution in [0.4, 0.5) is 5.69 Å². The van der Waals surface area contributed by atoms with Gasteiger partial charge in [-0.2, -0.15) is 0 Å². The maximum atomic E-state index is 12.1. The molecule has 1 amide bonds. The first kappa shape index (κ1) is 15.6. The van der Waals surface area contributed by atoms with Gasteiger partial charge in [-0.15, -0.1) is 0 Å². The number of carbonyl (C=O) groups is 2. The highest BCUT2D eigenvalue weighted by atomic mass is 16.6. The van der Waals surface area contributed by atoms with Crippen LogP contribution >= 0.6 is 0 Å². The molecule has 114 valence electrons. The summed E-state index contributed by atoms with van der Waals surface area (Å²) in [6, 6.07) is 15.8. The van der Waals surface area contributed by atoms with E-state index in [0.29, 0.717) is 23.6 Å². The quantitative estimate of drug-likeness (QED) is 0.833. The summed E-state index contributed by atoms with van der Waals surface area (Å²) in [5.41, 5.74) is 1.16. The molecule has 0 radical (unpaired) electrons. The summed E-state index contributed by atoms with van der Waals surface area (Å²) >= 11 is 0. The second-order valence-corrected chi connectivity index (χ2v) is 4.44. The van der Waals surface area contributed by atoms with Crippen LogP contribution in [0.3, 0.4) is 0 Å². The van der Waals surface area contributed by atoms with Gasteiger partial charge in [-0.25, -0.2) is 4.79 Å². The number of hydrogen-bond donors (Lipinski definition) is 1. The standard InChI is InChI=1S/C17H17NO4/c1-2-21-16(19)12-22-15-10-6-9-14(11-15)18-17(20)13-7-4-3-5-8-13/h3-11H,2,12H2,1H3,(H,18,20). The van der Waals surface area contributed by atoms with Gasteiger partial charge in [0.1, 0.15) is 5.75 Å². The fourth-order valence-corrected chi connectivity index (χ4v) is 1.80. The number of anilines is 1. The first-order valence-electron chi connectivity index (χ1n) is 6.94. The summed E-state index contributed by atoms with van der Waals surface area (Å²) in [6.45, 7) is 1.89. The molecule has 2 rings (SSSR count). The summed E-state index contributed by atoms with van der Waals surface area (Å²) in [6.07, 6.45) is 0. The number of nitrogens with one attached hydrogen (secondary N) is 1. The smallest absolute Gasteiger partial charge is 0.344 e. The lowest BCUT2D eigenvalue weighted by Gasteiger charge is -2.09. The zero-order valence-electron chi connectivity index (χ0n) is 12.2. The SMILES string of the molecule is CCOC(=O)COc1cccc(NC(=O)c2ccccc2)c1. The second-order valence-electron chi connectivity index (χ2n) is 4.44. The molecule has 0 spiro atoms. The summed E-state index contributed by atoms with van der Waals surface area (Å²) in [7, 11) is 0. The fourth-order valence-electron chi connectivity index (χ4n) is 1.80. The van der Waals surface area contributed by atoms with Crippen molar-refractivity contribution in [3.63, 3.8) is 0 Å². The number of ether oxygens (including phenoxy) is 2. The van der Waals surface area contributed by atoms with Crippen LogP contribution in [0.2, 0.25) is 0 Å². The van der Waals surface area contributed by atoms with Crippen molar-refractivity contribution in [1.29, 1.82) is 0 Å². The molecule has 2 aromatic carbocycles. The maximum absolute atomic E-state index is 12.1. The average molecular weight is 299 g/mol. The van der Waals surface area contributed by atoms with Crippen molar-refractivity contribution in [2.75, 3.05) is 18.5 Å². The first-order valence-corrected chi connectivity index (χ1v) is 6.94. The Morgan fingerprint density at radius 3 is 2.55 bits per heavy atom. The molecule has 22 heavy (non-hydrogen) atoms. The Kier molecular flexibility index (Phi) is 5.54. The topological polar surface area (TPSA) is 64.6 Å². The Morgan fingerprint density at radius 2 is 1.82 bits per heavy atom. The molecular formula is C17H17NO4. The summed E-state index contributed by atoms with van der Waals surface area (Å²) in [5.74, 6) is -0.150. The van der Waals surface area contributed by atoms with Crippen molar-refractivity contribution in [1.82, 2.24) is 0 Å². The molecule has 0 aliphatic rings. The molecule has 0 aromatic heterocycles. The van der Waals surface area contributed by atoms with Gasteiger partial charge < -0.3 is 14.8 Å². The third-order valence-corrected chi connectivity index (χ3v) is 2.79. The highest BCUT2D eigenvalue weighted by Gasteiger charge is 2.07. The third-order valence-electron chi connectivity index (χ3n) is 2.79. The monoisotopic (exact) mass is 299 g/mol. The Hall–Kier alpha value is -2.82. The number of carbonyl (C=O) groups excluding carboxylic acids is 2. The van der Waals surface area contributed by atoms with Crippen molar-refractivity contribution in [3.8, 4) is 5.75 Å². The summed E-state index contributed by atoms with van der Waals surface area (Å²) in [5, 5.41) is 2.78. The fraction of sp³-hybridized carbons (Fsp3) is 0.176. The van der Waals surface area contributed by atoms with Crippen LogP contribution in [0.15, 0.2) is 54.6 Å². The van der Waals surface area contributed by atoms with Crippen molar-refractivity contribution in [3.05, 3.63) is 60.2 Å². The molecule has 0 bridgehead atoms. The number of rotatable bonds is 6. The van der Waals surface area contributed by atoms with Crippen LogP contribution in [0.1, 0.15) is 17.3 Å². The van der Waals surface area contributed by atoms with Gasteiger partial charge in [-0.3, -0.25) is 4.79 Å². The van der Waals surface area contributed by atoms with E-state index in [4.69, 9.17) is 9.47 Å². The molecule has 1 N–H and O–H groups in total. The Labute approximate surface area is 128 Å². The van der Waals surface area contributed by atoms with Gasteiger partial charge in [0.25, 0.3) is 5.91 Å². The Bertz CT molecular complexity index is 640. The molecule has 0 aliphatic heterocycles. The molecule has 0 fully saturated rings. The third kappa shape index (κ3) is 4.63. The van der Waals surface area contributed by atoms with E-state index in [-0.39, 0.29) is 12.5 Å². The van der Waals surface area contributed by atoms with Gasteiger partial charge in [-0.1, -0.05) is 24.3 Å². The summed E-state index contributed by atoms with van der Waals surface area (Å²) < 4.78 is 10.1. The largest absolute Gasteiger partial charge is 0.482 e.